The van der Waals surface area contributed by atoms with E-state index < -0.39 is 0 Å². The summed E-state index contributed by atoms with van der Waals surface area (Å²) < 4.78 is 5.05. The maximum absolute atomic E-state index is 11.8. The first-order valence-corrected chi connectivity index (χ1v) is 6.19. The normalized spacial score (nSPS) is 12.2. The van der Waals surface area contributed by atoms with Crippen LogP contribution in [0.15, 0.2) is 24.3 Å². The highest BCUT2D eigenvalue weighted by atomic mass is 16.5. The van der Waals surface area contributed by atoms with Gasteiger partial charge in [-0.05, 0) is 25.5 Å². The van der Waals surface area contributed by atoms with Crippen molar-refractivity contribution in [1.82, 2.24) is 5.32 Å². The molecule has 0 radical (unpaired) electrons. The van der Waals surface area contributed by atoms with Crippen LogP contribution < -0.4 is 11.1 Å². The van der Waals surface area contributed by atoms with Crippen molar-refractivity contribution in [2.75, 3.05) is 20.3 Å². The maximum Gasteiger partial charge on any atom is 0.224 e. The van der Waals surface area contributed by atoms with Gasteiger partial charge in [-0.1, -0.05) is 29.8 Å². The highest BCUT2D eigenvalue weighted by molar-refractivity contribution is 5.78. The van der Waals surface area contributed by atoms with E-state index in [9.17, 15) is 4.79 Å². The third-order valence-corrected chi connectivity index (χ3v) is 2.73. The number of rotatable bonds is 7. The van der Waals surface area contributed by atoms with Crippen LogP contribution in [-0.4, -0.2) is 32.2 Å². The van der Waals surface area contributed by atoms with E-state index in [0.29, 0.717) is 19.6 Å². The average Bonchev–Trinajstić information content (AvgIpc) is 2.33. The van der Waals surface area contributed by atoms with Crippen molar-refractivity contribution in [3.63, 3.8) is 0 Å². The molecule has 0 heterocycles. The molecule has 1 rings (SSSR count). The Bertz CT molecular complexity index is 357. The van der Waals surface area contributed by atoms with E-state index in [1.165, 1.54) is 5.56 Å². The quantitative estimate of drug-likeness (QED) is 0.759. The Hall–Kier alpha value is -1.39. The highest BCUT2D eigenvalue weighted by Crippen LogP contribution is 2.04. The van der Waals surface area contributed by atoms with Crippen molar-refractivity contribution in [1.29, 1.82) is 0 Å². The van der Waals surface area contributed by atoms with Gasteiger partial charge in [-0.15, -0.1) is 0 Å². The molecule has 0 saturated carbocycles. The molecule has 1 atom stereocenters. The molecular weight excluding hydrogens is 228 g/mol. The minimum Gasteiger partial charge on any atom is -0.383 e. The van der Waals surface area contributed by atoms with Crippen molar-refractivity contribution < 1.29 is 9.53 Å². The molecule has 3 N–H and O–H groups in total. The van der Waals surface area contributed by atoms with Crippen LogP contribution in [0.25, 0.3) is 0 Å². The van der Waals surface area contributed by atoms with Gasteiger partial charge in [0.05, 0.1) is 19.1 Å². The van der Waals surface area contributed by atoms with Crippen LogP contribution in [0, 0.1) is 6.92 Å². The summed E-state index contributed by atoms with van der Waals surface area (Å²) in [6, 6.07) is 7.97. The Kier molecular flexibility index (Phi) is 6.39. The number of benzene rings is 1. The second-order valence-electron chi connectivity index (χ2n) is 4.46. The summed E-state index contributed by atoms with van der Waals surface area (Å²) in [6.45, 7) is 3.06. The lowest BCUT2D eigenvalue weighted by Crippen LogP contribution is -2.40. The number of carbonyl (C=O) groups excluding carboxylic acids is 1. The molecule has 100 valence electrons. The van der Waals surface area contributed by atoms with Crippen molar-refractivity contribution in [3.8, 4) is 0 Å². The van der Waals surface area contributed by atoms with E-state index in [4.69, 9.17) is 10.5 Å². The molecule has 0 bridgehead atoms. The molecule has 1 unspecified atom stereocenters. The van der Waals surface area contributed by atoms with Crippen molar-refractivity contribution in [2.24, 2.45) is 5.73 Å². The monoisotopic (exact) mass is 250 g/mol. The Balaban J connectivity index is 2.46. The molecule has 1 amide bonds. The van der Waals surface area contributed by atoms with Crippen LogP contribution in [-0.2, 0) is 16.0 Å². The number of hydrogen-bond acceptors (Lipinski definition) is 3. The minimum absolute atomic E-state index is 0.00190. The first-order chi connectivity index (χ1) is 8.65. The van der Waals surface area contributed by atoms with E-state index in [1.807, 2.05) is 31.2 Å². The van der Waals surface area contributed by atoms with E-state index in [1.54, 1.807) is 7.11 Å². The van der Waals surface area contributed by atoms with E-state index in [2.05, 4.69) is 5.32 Å². The molecule has 0 aliphatic carbocycles. The molecule has 4 heteroatoms. The molecule has 0 saturated heterocycles. The Morgan fingerprint density at radius 3 is 2.61 bits per heavy atom. The average molecular weight is 250 g/mol. The van der Waals surface area contributed by atoms with Crippen molar-refractivity contribution >= 4 is 5.91 Å². The van der Waals surface area contributed by atoms with Gasteiger partial charge < -0.3 is 15.8 Å². The zero-order valence-electron chi connectivity index (χ0n) is 11.1. The van der Waals surface area contributed by atoms with Gasteiger partial charge in [-0.3, -0.25) is 4.79 Å². The fourth-order valence-corrected chi connectivity index (χ4v) is 1.77. The van der Waals surface area contributed by atoms with Gasteiger partial charge in [-0.25, -0.2) is 0 Å². The smallest absolute Gasteiger partial charge is 0.224 e. The highest BCUT2D eigenvalue weighted by Gasteiger charge is 2.11. The Morgan fingerprint density at radius 2 is 2.06 bits per heavy atom. The summed E-state index contributed by atoms with van der Waals surface area (Å²) in [6.07, 6.45) is 1.12. The minimum atomic E-state index is -0.00190. The summed E-state index contributed by atoms with van der Waals surface area (Å²) in [4.78, 5) is 11.8. The van der Waals surface area contributed by atoms with Crippen LogP contribution in [0.1, 0.15) is 17.5 Å². The summed E-state index contributed by atoms with van der Waals surface area (Å²) in [5.41, 5.74) is 7.71. The molecule has 0 fully saturated rings. The van der Waals surface area contributed by atoms with E-state index in [0.717, 1.165) is 12.0 Å². The maximum atomic E-state index is 11.8. The molecular formula is C14H22N2O2. The molecule has 1 aromatic carbocycles. The zero-order valence-corrected chi connectivity index (χ0v) is 11.1. The number of hydrogen-bond donors (Lipinski definition) is 2. The molecule has 0 aliphatic rings. The number of methoxy groups -OCH3 is 1. The van der Waals surface area contributed by atoms with Gasteiger partial charge in [0.25, 0.3) is 0 Å². The van der Waals surface area contributed by atoms with Gasteiger partial charge >= 0.3 is 0 Å². The van der Waals surface area contributed by atoms with Crippen molar-refractivity contribution in [2.45, 2.75) is 25.8 Å². The van der Waals surface area contributed by atoms with E-state index in [-0.39, 0.29) is 11.9 Å². The largest absolute Gasteiger partial charge is 0.383 e. The van der Waals surface area contributed by atoms with Crippen LogP contribution in [0.2, 0.25) is 0 Å². The van der Waals surface area contributed by atoms with Gasteiger partial charge in [-0.2, -0.15) is 0 Å². The lowest BCUT2D eigenvalue weighted by Gasteiger charge is -2.17. The zero-order chi connectivity index (χ0) is 13.4. The summed E-state index contributed by atoms with van der Waals surface area (Å²) in [5.74, 6) is 0.00866. The number of ether oxygens (including phenoxy) is 1. The predicted molar refractivity (Wildman–Crippen MR) is 72.4 cm³/mol. The molecule has 0 aliphatic heterocycles. The van der Waals surface area contributed by atoms with Gasteiger partial charge in [0.1, 0.15) is 0 Å². The molecule has 18 heavy (non-hydrogen) atoms. The van der Waals surface area contributed by atoms with Crippen LogP contribution in [0.5, 0.6) is 0 Å². The predicted octanol–water partition coefficient (Wildman–Crippen LogP) is 1.02. The molecule has 4 nitrogen and oxygen atoms in total. The molecule has 0 spiro atoms. The second-order valence-corrected chi connectivity index (χ2v) is 4.46. The van der Waals surface area contributed by atoms with Gasteiger partial charge in [0, 0.05) is 7.11 Å². The van der Waals surface area contributed by atoms with Crippen LogP contribution in [0.4, 0.5) is 0 Å². The van der Waals surface area contributed by atoms with E-state index >= 15 is 0 Å². The fourth-order valence-electron chi connectivity index (χ4n) is 1.77. The summed E-state index contributed by atoms with van der Waals surface area (Å²) >= 11 is 0. The summed E-state index contributed by atoms with van der Waals surface area (Å²) in [5, 5.41) is 2.94. The van der Waals surface area contributed by atoms with Crippen LogP contribution >= 0.6 is 0 Å². The van der Waals surface area contributed by atoms with Crippen molar-refractivity contribution in [3.05, 3.63) is 35.4 Å². The Morgan fingerprint density at radius 1 is 1.39 bits per heavy atom. The first kappa shape index (κ1) is 14.7. The number of carbonyl (C=O) groups is 1. The SMILES string of the molecule is COCC(CCN)NC(=O)Cc1ccc(C)cc1. The number of amides is 1. The van der Waals surface area contributed by atoms with Gasteiger partial charge in [0.15, 0.2) is 0 Å². The third-order valence-electron chi connectivity index (χ3n) is 2.73. The standard InChI is InChI=1S/C14H22N2O2/c1-11-3-5-12(6-4-11)9-14(17)16-13(7-8-15)10-18-2/h3-6,13H,7-10,15H2,1-2H3,(H,16,17). The number of nitrogens with two attached hydrogens (primary N) is 1. The lowest BCUT2D eigenvalue weighted by molar-refractivity contribution is -0.121. The number of nitrogens with one attached hydrogen (secondary N) is 1. The lowest BCUT2D eigenvalue weighted by atomic mass is 10.1. The third kappa shape index (κ3) is 5.29. The summed E-state index contributed by atoms with van der Waals surface area (Å²) in [7, 11) is 1.62. The second kappa shape index (κ2) is 7.84. The topological polar surface area (TPSA) is 64.3 Å². The Labute approximate surface area is 109 Å². The molecule has 1 aromatic rings. The first-order valence-electron chi connectivity index (χ1n) is 6.19. The fraction of sp³-hybridized carbons (Fsp3) is 0.500. The van der Waals surface area contributed by atoms with Crippen LogP contribution in [0.3, 0.4) is 0 Å². The number of aryl methyl sites for hydroxylation is 1. The van der Waals surface area contributed by atoms with Gasteiger partial charge in [0.2, 0.25) is 5.91 Å². The molecule has 0 aromatic heterocycles.